The van der Waals surface area contributed by atoms with E-state index in [-0.39, 0.29) is 5.92 Å². The molecule has 1 N–H and O–H groups in total. The van der Waals surface area contributed by atoms with Gasteiger partial charge >= 0.3 is 0 Å². The van der Waals surface area contributed by atoms with Gasteiger partial charge in [-0.1, -0.05) is 45.0 Å². The molecule has 1 unspecified atom stereocenters. The van der Waals surface area contributed by atoms with Crippen LogP contribution in [0.4, 0.5) is 0 Å². The van der Waals surface area contributed by atoms with Gasteiger partial charge in [0.15, 0.2) is 0 Å². The molecule has 0 bridgehead atoms. The lowest BCUT2D eigenvalue weighted by molar-refractivity contribution is 0.553. The first-order valence-corrected chi connectivity index (χ1v) is 6.36. The van der Waals surface area contributed by atoms with Gasteiger partial charge in [-0.25, -0.2) is 0 Å². The predicted octanol–water partition coefficient (Wildman–Crippen LogP) is 3.45. The van der Waals surface area contributed by atoms with Crippen molar-refractivity contribution in [2.45, 2.75) is 39.7 Å². The van der Waals surface area contributed by atoms with E-state index < -0.39 is 0 Å². The van der Waals surface area contributed by atoms with E-state index >= 15 is 0 Å². The second-order valence-electron chi connectivity index (χ2n) is 4.76. The molecule has 0 aliphatic rings. The number of nitriles is 1. The Hall–Kier alpha value is -1.33. The van der Waals surface area contributed by atoms with Crippen molar-refractivity contribution in [2.75, 3.05) is 6.54 Å². The Morgan fingerprint density at radius 1 is 1.24 bits per heavy atom. The van der Waals surface area contributed by atoms with E-state index in [0.29, 0.717) is 5.92 Å². The molecule has 0 saturated heterocycles. The molecule has 0 fully saturated rings. The van der Waals surface area contributed by atoms with Crippen LogP contribution in [0.5, 0.6) is 0 Å². The van der Waals surface area contributed by atoms with Gasteiger partial charge in [0.1, 0.15) is 0 Å². The van der Waals surface area contributed by atoms with Crippen LogP contribution in [0.3, 0.4) is 0 Å². The quantitative estimate of drug-likeness (QED) is 0.812. The maximum atomic E-state index is 8.83. The molecule has 0 saturated carbocycles. The van der Waals surface area contributed by atoms with Gasteiger partial charge in [0, 0.05) is 13.1 Å². The van der Waals surface area contributed by atoms with Crippen molar-refractivity contribution < 1.29 is 0 Å². The number of hydrogen-bond donors (Lipinski definition) is 1. The maximum Gasteiger partial charge on any atom is 0.0669 e. The summed E-state index contributed by atoms with van der Waals surface area (Å²) in [6.45, 7) is 8.07. The Balaban J connectivity index is 2.40. The summed E-state index contributed by atoms with van der Waals surface area (Å²) in [5, 5.41) is 12.2. The highest BCUT2D eigenvalue weighted by Crippen LogP contribution is 2.14. The third-order valence-corrected chi connectivity index (χ3v) is 3.04. The second-order valence-corrected chi connectivity index (χ2v) is 4.76. The Bertz CT molecular complexity index is 360. The zero-order valence-electron chi connectivity index (χ0n) is 11.0. The number of nitrogens with one attached hydrogen (secondary N) is 1. The van der Waals surface area contributed by atoms with Gasteiger partial charge in [0.05, 0.1) is 12.0 Å². The van der Waals surface area contributed by atoms with Crippen LogP contribution < -0.4 is 5.32 Å². The zero-order chi connectivity index (χ0) is 12.7. The summed E-state index contributed by atoms with van der Waals surface area (Å²) >= 11 is 0. The Morgan fingerprint density at radius 3 is 2.35 bits per heavy atom. The highest BCUT2D eigenvalue weighted by molar-refractivity contribution is 5.24. The van der Waals surface area contributed by atoms with Gasteiger partial charge in [0.2, 0.25) is 0 Å². The van der Waals surface area contributed by atoms with E-state index in [1.807, 2.05) is 6.92 Å². The standard InChI is InChI=1S/C15H22N2/c1-4-13(9-16)10-17-11-14-5-7-15(8-6-14)12(2)3/h5-8,12-13,17H,4,10-11H2,1-3H3. The van der Waals surface area contributed by atoms with Crippen molar-refractivity contribution >= 4 is 0 Å². The lowest BCUT2D eigenvalue weighted by Gasteiger charge is -2.09. The Labute approximate surface area is 105 Å². The van der Waals surface area contributed by atoms with Gasteiger partial charge in [-0.15, -0.1) is 0 Å². The largest absolute Gasteiger partial charge is 0.311 e. The summed E-state index contributed by atoms with van der Waals surface area (Å²) in [5.41, 5.74) is 2.65. The number of nitrogens with zero attached hydrogens (tertiary/aromatic N) is 1. The third-order valence-electron chi connectivity index (χ3n) is 3.04. The minimum atomic E-state index is 0.130. The van der Waals surface area contributed by atoms with Crippen LogP contribution in [-0.2, 0) is 6.54 Å². The summed E-state index contributed by atoms with van der Waals surface area (Å²) in [7, 11) is 0. The normalized spacial score (nSPS) is 12.4. The SMILES string of the molecule is CCC(C#N)CNCc1ccc(C(C)C)cc1. The second kappa shape index (κ2) is 7.09. The van der Waals surface area contributed by atoms with Gasteiger partial charge in [-0.05, 0) is 23.5 Å². The Morgan fingerprint density at radius 2 is 1.88 bits per heavy atom. The summed E-state index contributed by atoms with van der Waals surface area (Å²) in [5.74, 6) is 0.713. The Kier molecular flexibility index (Phi) is 5.72. The van der Waals surface area contributed by atoms with Crippen LogP contribution in [0.15, 0.2) is 24.3 Å². The van der Waals surface area contributed by atoms with Crippen molar-refractivity contribution in [3.63, 3.8) is 0 Å². The molecule has 1 aromatic rings. The van der Waals surface area contributed by atoms with Crippen LogP contribution >= 0.6 is 0 Å². The monoisotopic (exact) mass is 230 g/mol. The third kappa shape index (κ3) is 4.58. The molecule has 0 aliphatic carbocycles. The predicted molar refractivity (Wildman–Crippen MR) is 71.6 cm³/mol. The van der Waals surface area contributed by atoms with Crippen LogP contribution in [0, 0.1) is 17.2 Å². The van der Waals surface area contributed by atoms with Crippen molar-refractivity contribution in [2.24, 2.45) is 5.92 Å². The molecular weight excluding hydrogens is 208 g/mol. The average molecular weight is 230 g/mol. The zero-order valence-corrected chi connectivity index (χ0v) is 11.0. The molecule has 1 aromatic carbocycles. The van der Waals surface area contributed by atoms with Crippen molar-refractivity contribution in [1.29, 1.82) is 5.26 Å². The summed E-state index contributed by atoms with van der Waals surface area (Å²) in [4.78, 5) is 0. The van der Waals surface area contributed by atoms with Crippen molar-refractivity contribution in [1.82, 2.24) is 5.32 Å². The molecule has 0 heterocycles. The van der Waals surface area contributed by atoms with E-state index in [9.17, 15) is 0 Å². The van der Waals surface area contributed by atoms with Crippen LogP contribution in [0.1, 0.15) is 44.2 Å². The first-order chi connectivity index (χ1) is 8.17. The van der Waals surface area contributed by atoms with Crippen molar-refractivity contribution in [3.05, 3.63) is 35.4 Å². The van der Waals surface area contributed by atoms with E-state index in [0.717, 1.165) is 19.5 Å². The van der Waals surface area contributed by atoms with E-state index in [1.54, 1.807) is 0 Å². The topological polar surface area (TPSA) is 35.8 Å². The van der Waals surface area contributed by atoms with Gasteiger partial charge in [-0.2, -0.15) is 5.26 Å². The first-order valence-electron chi connectivity index (χ1n) is 6.36. The van der Waals surface area contributed by atoms with Crippen LogP contribution in [-0.4, -0.2) is 6.54 Å². The summed E-state index contributed by atoms with van der Waals surface area (Å²) < 4.78 is 0. The minimum Gasteiger partial charge on any atom is -0.311 e. The van der Waals surface area contributed by atoms with E-state index in [1.165, 1.54) is 11.1 Å². The number of hydrogen-bond acceptors (Lipinski definition) is 2. The van der Waals surface area contributed by atoms with Gasteiger partial charge in [-0.3, -0.25) is 0 Å². The van der Waals surface area contributed by atoms with Gasteiger partial charge < -0.3 is 5.32 Å². The van der Waals surface area contributed by atoms with Crippen LogP contribution in [0.2, 0.25) is 0 Å². The lowest BCUT2D eigenvalue weighted by atomic mass is 10.0. The molecule has 0 spiro atoms. The van der Waals surface area contributed by atoms with E-state index in [4.69, 9.17) is 5.26 Å². The molecule has 92 valence electrons. The van der Waals surface area contributed by atoms with Crippen LogP contribution in [0.25, 0.3) is 0 Å². The molecule has 1 atom stereocenters. The van der Waals surface area contributed by atoms with Gasteiger partial charge in [0.25, 0.3) is 0 Å². The van der Waals surface area contributed by atoms with E-state index in [2.05, 4.69) is 49.5 Å². The maximum absolute atomic E-state index is 8.83. The fraction of sp³-hybridized carbons (Fsp3) is 0.533. The summed E-state index contributed by atoms with van der Waals surface area (Å²) in [6.07, 6.45) is 0.912. The molecule has 0 amide bonds. The molecule has 1 rings (SSSR count). The first kappa shape index (κ1) is 13.7. The molecule has 2 heteroatoms. The summed E-state index contributed by atoms with van der Waals surface area (Å²) in [6, 6.07) is 11.0. The fourth-order valence-electron chi connectivity index (χ4n) is 1.69. The highest BCUT2D eigenvalue weighted by atomic mass is 14.9. The highest BCUT2D eigenvalue weighted by Gasteiger charge is 2.03. The molecular formula is C15H22N2. The smallest absolute Gasteiger partial charge is 0.0669 e. The van der Waals surface area contributed by atoms with Crippen molar-refractivity contribution in [3.8, 4) is 6.07 Å². The minimum absolute atomic E-state index is 0.130. The number of rotatable bonds is 6. The molecule has 0 radical (unpaired) electrons. The molecule has 2 nitrogen and oxygen atoms in total. The number of benzene rings is 1. The fourth-order valence-corrected chi connectivity index (χ4v) is 1.69. The molecule has 17 heavy (non-hydrogen) atoms. The average Bonchev–Trinajstić information content (AvgIpc) is 2.35. The molecule has 0 aliphatic heterocycles. The lowest BCUT2D eigenvalue weighted by Crippen LogP contribution is -2.21. The molecule has 0 aromatic heterocycles.